The lowest BCUT2D eigenvalue weighted by Gasteiger charge is -2.29. The van der Waals surface area contributed by atoms with Gasteiger partial charge in [-0.15, -0.1) is 0 Å². The fourth-order valence-electron chi connectivity index (χ4n) is 2.46. The number of nitrogens with zero attached hydrogens (tertiary/aromatic N) is 2. The van der Waals surface area contributed by atoms with Gasteiger partial charge in [-0.2, -0.15) is 0 Å². The molecule has 1 amide bonds. The van der Waals surface area contributed by atoms with E-state index in [0.717, 1.165) is 17.5 Å². The number of hydrogen-bond acceptors (Lipinski definition) is 3. The van der Waals surface area contributed by atoms with Crippen LogP contribution in [0.4, 0.5) is 0 Å². The maximum atomic E-state index is 12.6. The number of phenolic OH excluding ortho intramolecular Hbond substituents is 1. The summed E-state index contributed by atoms with van der Waals surface area (Å²) in [6, 6.07) is 6.96. The van der Waals surface area contributed by atoms with Crippen LogP contribution in [0.25, 0.3) is 0 Å². The molecule has 4 nitrogen and oxygen atoms in total. The second kappa shape index (κ2) is 5.66. The third kappa shape index (κ3) is 2.89. The summed E-state index contributed by atoms with van der Waals surface area (Å²) < 4.78 is 0.713. The minimum Gasteiger partial charge on any atom is -0.508 e. The Kier molecular flexibility index (Phi) is 3.87. The molecule has 21 heavy (non-hydrogen) atoms. The summed E-state index contributed by atoms with van der Waals surface area (Å²) in [6.45, 7) is 1.09. The van der Waals surface area contributed by atoms with Crippen LogP contribution in [0.5, 0.6) is 5.75 Å². The van der Waals surface area contributed by atoms with Crippen LogP contribution in [0.2, 0.25) is 5.15 Å². The molecule has 0 spiro atoms. The number of pyridine rings is 1. The molecule has 0 radical (unpaired) electrons. The lowest BCUT2D eigenvalue weighted by atomic mass is 9.99. The number of amides is 1. The van der Waals surface area contributed by atoms with Gasteiger partial charge in [0.15, 0.2) is 0 Å². The van der Waals surface area contributed by atoms with Gasteiger partial charge in [-0.25, -0.2) is 4.98 Å². The van der Waals surface area contributed by atoms with Crippen molar-refractivity contribution in [2.45, 2.75) is 13.0 Å². The van der Waals surface area contributed by atoms with Crippen molar-refractivity contribution in [1.82, 2.24) is 9.88 Å². The summed E-state index contributed by atoms with van der Waals surface area (Å²) in [5.41, 5.74) is 2.51. The van der Waals surface area contributed by atoms with Crippen LogP contribution in [0, 0.1) is 0 Å². The molecule has 0 saturated carbocycles. The van der Waals surface area contributed by atoms with E-state index in [2.05, 4.69) is 20.9 Å². The highest BCUT2D eigenvalue weighted by Crippen LogP contribution is 2.26. The smallest absolute Gasteiger partial charge is 0.257 e. The zero-order valence-corrected chi connectivity index (χ0v) is 13.4. The van der Waals surface area contributed by atoms with Gasteiger partial charge in [-0.1, -0.05) is 17.7 Å². The number of benzene rings is 1. The van der Waals surface area contributed by atoms with E-state index >= 15 is 0 Å². The van der Waals surface area contributed by atoms with E-state index < -0.39 is 0 Å². The number of hydrogen-bond donors (Lipinski definition) is 1. The van der Waals surface area contributed by atoms with Crippen LogP contribution in [-0.4, -0.2) is 27.4 Å². The van der Waals surface area contributed by atoms with E-state index in [1.54, 1.807) is 29.3 Å². The van der Waals surface area contributed by atoms with Crippen molar-refractivity contribution in [2.75, 3.05) is 6.54 Å². The van der Waals surface area contributed by atoms with Gasteiger partial charge in [-0.05, 0) is 51.7 Å². The van der Waals surface area contributed by atoms with E-state index in [1.807, 2.05) is 6.07 Å². The Hall–Kier alpha value is -1.59. The molecule has 6 heteroatoms. The lowest BCUT2D eigenvalue weighted by Crippen LogP contribution is -2.36. The Morgan fingerprint density at radius 2 is 2.14 bits per heavy atom. The van der Waals surface area contributed by atoms with Gasteiger partial charge in [-0.3, -0.25) is 4.79 Å². The highest BCUT2D eigenvalue weighted by molar-refractivity contribution is 9.10. The normalized spacial score (nSPS) is 13.9. The van der Waals surface area contributed by atoms with E-state index in [0.29, 0.717) is 23.1 Å². The van der Waals surface area contributed by atoms with E-state index in [-0.39, 0.29) is 16.8 Å². The number of aromatic nitrogens is 1. The van der Waals surface area contributed by atoms with Crippen LogP contribution in [0.1, 0.15) is 21.5 Å². The van der Waals surface area contributed by atoms with Crippen molar-refractivity contribution >= 4 is 33.4 Å². The average Bonchev–Trinajstić information content (AvgIpc) is 2.48. The Bertz CT molecular complexity index is 721. The molecule has 0 atom stereocenters. The molecule has 0 bridgehead atoms. The van der Waals surface area contributed by atoms with Gasteiger partial charge in [0.1, 0.15) is 10.9 Å². The molecular formula is C15H12BrClN2O2. The number of aromatic hydroxyl groups is 1. The molecule has 1 aliphatic heterocycles. The summed E-state index contributed by atoms with van der Waals surface area (Å²) in [7, 11) is 0. The van der Waals surface area contributed by atoms with Crippen molar-refractivity contribution in [1.29, 1.82) is 0 Å². The van der Waals surface area contributed by atoms with E-state index in [1.165, 1.54) is 0 Å². The van der Waals surface area contributed by atoms with Gasteiger partial charge in [0.25, 0.3) is 5.91 Å². The first-order valence-corrected chi connectivity index (χ1v) is 7.63. The summed E-state index contributed by atoms with van der Waals surface area (Å²) in [4.78, 5) is 18.3. The standard InChI is InChI=1S/C15H12BrClN2O2/c16-11-6-13(14(17)18-7-11)15(21)19-4-3-9-1-2-12(20)5-10(9)8-19/h1-2,5-7,20H,3-4,8H2. The lowest BCUT2D eigenvalue weighted by molar-refractivity contribution is 0.0734. The van der Waals surface area contributed by atoms with Gasteiger partial charge in [0.2, 0.25) is 0 Å². The van der Waals surface area contributed by atoms with Crippen LogP contribution in [-0.2, 0) is 13.0 Å². The number of fused-ring (bicyclic) bond motifs is 1. The maximum absolute atomic E-state index is 12.6. The number of rotatable bonds is 1. The highest BCUT2D eigenvalue weighted by Gasteiger charge is 2.24. The van der Waals surface area contributed by atoms with Crippen LogP contribution in [0.15, 0.2) is 34.9 Å². The first-order valence-electron chi connectivity index (χ1n) is 6.45. The van der Waals surface area contributed by atoms with Crippen molar-refractivity contribution in [2.24, 2.45) is 0 Å². The van der Waals surface area contributed by atoms with Crippen LogP contribution in [0.3, 0.4) is 0 Å². The summed E-state index contributed by atoms with van der Waals surface area (Å²) in [6.07, 6.45) is 2.32. The largest absolute Gasteiger partial charge is 0.508 e. The van der Waals surface area contributed by atoms with E-state index in [9.17, 15) is 9.90 Å². The Labute approximate surface area is 135 Å². The zero-order chi connectivity index (χ0) is 15.0. The molecule has 3 rings (SSSR count). The highest BCUT2D eigenvalue weighted by atomic mass is 79.9. The van der Waals surface area contributed by atoms with Gasteiger partial charge in [0, 0.05) is 23.8 Å². The molecule has 2 heterocycles. The Morgan fingerprint density at radius 1 is 1.33 bits per heavy atom. The molecule has 0 fully saturated rings. The van der Waals surface area contributed by atoms with Crippen molar-refractivity contribution < 1.29 is 9.90 Å². The van der Waals surface area contributed by atoms with Gasteiger partial charge >= 0.3 is 0 Å². The average molecular weight is 368 g/mol. The van der Waals surface area contributed by atoms with E-state index in [4.69, 9.17) is 11.6 Å². The summed E-state index contributed by atoms with van der Waals surface area (Å²) in [5.74, 6) is 0.0630. The van der Waals surface area contributed by atoms with Crippen molar-refractivity contribution in [3.05, 3.63) is 56.8 Å². The monoisotopic (exact) mass is 366 g/mol. The molecule has 0 saturated heterocycles. The number of halogens is 2. The van der Waals surface area contributed by atoms with Crippen molar-refractivity contribution in [3.8, 4) is 5.75 Å². The van der Waals surface area contributed by atoms with Crippen molar-refractivity contribution in [3.63, 3.8) is 0 Å². The minimum absolute atomic E-state index is 0.150. The summed E-state index contributed by atoms with van der Waals surface area (Å²) in [5, 5.41) is 9.77. The fraction of sp³-hybridized carbons (Fsp3) is 0.200. The predicted molar refractivity (Wildman–Crippen MR) is 83.5 cm³/mol. The van der Waals surface area contributed by atoms with Crippen LogP contribution < -0.4 is 0 Å². The molecular weight excluding hydrogens is 356 g/mol. The van der Waals surface area contributed by atoms with Gasteiger partial charge < -0.3 is 10.0 Å². The molecule has 1 aliphatic rings. The number of phenols is 1. The third-order valence-corrected chi connectivity index (χ3v) is 4.26. The first-order chi connectivity index (χ1) is 10.0. The fourth-order valence-corrected chi connectivity index (χ4v) is 2.98. The number of carbonyl (C=O) groups is 1. The van der Waals surface area contributed by atoms with Crippen LogP contribution >= 0.6 is 27.5 Å². The third-order valence-electron chi connectivity index (χ3n) is 3.53. The minimum atomic E-state index is -0.150. The molecule has 2 aromatic rings. The topological polar surface area (TPSA) is 53.4 Å². The molecule has 1 N–H and O–H groups in total. The quantitative estimate of drug-likeness (QED) is 0.786. The predicted octanol–water partition coefficient (Wildman–Crippen LogP) is 3.40. The maximum Gasteiger partial charge on any atom is 0.257 e. The van der Waals surface area contributed by atoms with Gasteiger partial charge in [0.05, 0.1) is 5.56 Å². The SMILES string of the molecule is O=C(c1cc(Br)cnc1Cl)N1CCc2ccc(O)cc2C1. The number of carbonyl (C=O) groups excluding carboxylic acids is 1. The first kappa shape index (κ1) is 14.4. The molecule has 0 aliphatic carbocycles. The Morgan fingerprint density at radius 3 is 2.95 bits per heavy atom. The molecule has 0 unspecified atom stereocenters. The zero-order valence-electron chi connectivity index (χ0n) is 11.0. The second-order valence-corrected chi connectivity index (χ2v) is 6.20. The molecule has 1 aromatic carbocycles. The molecule has 108 valence electrons. The molecule has 1 aromatic heterocycles. The second-order valence-electron chi connectivity index (χ2n) is 4.92. The Balaban J connectivity index is 1.88. The summed E-state index contributed by atoms with van der Waals surface area (Å²) >= 11 is 9.32.